The zero-order valence-corrected chi connectivity index (χ0v) is 15.0. The van der Waals surface area contributed by atoms with Gasteiger partial charge in [-0.3, -0.25) is 12.2 Å². The molecule has 0 saturated carbocycles. The number of hydrogen-bond donors (Lipinski definition) is 0. The molecule has 0 amide bonds. The predicted octanol–water partition coefficient (Wildman–Crippen LogP) is 5.44. The van der Waals surface area contributed by atoms with Crippen LogP contribution in [-0.4, -0.2) is 0 Å². The molecule has 0 bridgehead atoms. The molecule has 2 unspecified atom stereocenters. The maximum absolute atomic E-state index is 3.36. The molecule has 2 atom stereocenters. The molecule has 1 heteroatoms. The van der Waals surface area contributed by atoms with Crippen molar-refractivity contribution in [2.45, 2.75) is 55.4 Å². The third-order valence-corrected chi connectivity index (χ3v) is 4.47. The molecular weight excluding hydrogens is 267 g/mol. The summed E-state index contributed by atoms with van der Waals surface area (Å²) in [7, 11) is 0. The summed E-state index contributed by atoms with van der Waals surface area (Å²) >= 11 is 0. The largest absolute Gasteiger partial charge is 2.00 e. The van der Waals surface area contributed by atoms with E-state index >= 15 is 0 Å². The molecule has 19 heavy (non-hydrogen) atoms. The van der Waals surface area contributed by atoms with E-state index in [2.05, 4.69) is 67.5 Å². The van der Waals surface area contributed by atoms with Gasteiger partial charge >= 0.3 is 18.6 Å². The van der Waals surface area contributed by atoms with Gasteiger partial charge in [0, 0.05) is 0 Å². The van der Waals surface area contributed by atoms with Crippen molar-refractivity contribution in [2.75, 3.05) is 0 Å². The molecule has 0 aromatic heterocycles. The topological polar surface area (TPSA) is 0 Å². The van der Waals surface area contributed by atoms with Crippen LogP contribution in [-0.2, 0) is 18.6 Å². The van der Waals surface area contributed by atoms with E-state index in [1.165, 1.54) is 33.4 Å². The predicted molar refractivity (Wildman–Crippen MR) is 79.9 cm³/mol. The fourth-order valence-electron chi connectivity index (χ4n) is 2.32. The number of rotatable bonds is 0. The molecular formula is C18H26V. The monoisotopic (exact) mass is 293 g/mol. The average Bonchev–Trinajstić information content (AvgIpc) is 2.66. The van der Waals surface area contributed by atoms with Gasteiger partial charge in [0.2, 0.25) is 0 Å². The second kappa shape index (κ2) is 7.36. The Kier molecular flexibility index (Phi) is 7.18. The molecule has 2 aliphatic rings. The van der Waals surface area contributed by atoms with Crippen LogP contribution in [0.15, 0.2) is 33.4 Å². The molecule has 0 spiro atoms. The normalized spacial score (nSPS) is 25.7. The van der Waals surface area contributed by atoms with E-state index in [1.54, 1.807) is 0 Å². The van der Waals surface area contributed by atoms with Crippen molar-refractivity contribution >= 4 is 0 Å². The van der Waals surface area contributed by atoms with Gasteiger partial charge in [-0.2, -0.15) is 22.3 Å². The third kappa shape index (κ3) is 4.26. The van der Waals surface area contributed by atoms with Gasteiger partial charge < -0.3 is 0 Å². The van der Waals surface area contributed by atoms with E-state index in [9.17, 15) is 0 Å². The SMILES string of the molecule is CC1=[C-]C(C)C(C)=C1C.CC1=[C-]C(C)C(C)=C1C.[V+2]. The van der Waals surface area contributed by atoms with Crippen molar-refractivity contribution in [1.82, 2.24) is 0 Å². The maximum Gasteiger partial charge on any atom is 2.00 e. The first-order valence-corrected chi connectivity index (χ1v) is 6.81. The van der Waals surface area contributed by atoms with Gasteiger partial charge in [0.25, 0.3) is 0 Å². The first-order valence-electron chi connectivity index (χ1n) is 6.81. The Hall–Kier alpha value is -0.456. The summed E-state index contributed by atoms with van der Waals surface area (Å²) in [5.74, 6) is 1.12. The van der Waals surface area contributed by atoms with Gasteiger partial charge in [-0.15, -0.1) is 13.8 Å². The van der Waals surface area contributed by atoms with Crippen molar-refractivity contribution in [3.8, 4) is 0 Å². The van der Waals surface area contributed by atoms with Gasteiger partial charge in [0.15, 0.2) is 0 Å². The minimum atomic E-state index is 0. The first kappa shape index (κ1) is 18.5. The molecule has 0 saturated heterocycles. The molecule has 1 radical (unpaired) electrons. The van der Waals surface area contributed by atoms with Crippen LogP contribution in [0.25, 0.3) is 0 Å². The van der Waals surface area contributed by atoms with Crippen LogP contribution in [0.4, 0.5) is 0 Å². The molecule has 0 nitrogen and oxygen atoms in total. The molecule has 0 fully saturated rings. The van der Waals surface area contributed by atoms with Crippen LogP contribution in [0.5, 0.6) is 0 Å². The van der Waals surface area contributed by atoms with E-state index in [0.29, 0.717) is 11.8 Å². The van der Waals surface area contributed by atoms with E-state index in [4.69, 9.17) is 0 Å². The van der Waals surface area contributed by atoms with Crippen molar-refractivity contribution in [3.05, 3.63) is 45.6 Å². The summed E-state index contributed by atoms with van der Waals surface area (Å²) < 4.78 is 0. The molecule has 103 valence electrons. The van der Waals surface area contributed by atoms with Crippen molar-refractivity contribution in [1.29, 1.82) is 0 Å². The van der Waals surface area contributed by atoms with Crippen molar-refractivity contribution in [2.24, 2.45) is 11.8 Å². The summed E-state index contributed by atoms with van der Waals surface area (Å²) in [5, 5.41) is 0. The van der Waals surface area contributed by atoms with Gasteiger partial charge in [-0.25, -0.2) is 11.1 Å². The van der Waals surface area contributed by atoms with Gasteiger partial charge in [0.05, 0.1) is 0 Å². The zero-order valence-electron chi connectivity index (χ0n) is 13.6. The Labute approximate surface area is 131 Å². The van der Waals surface area contributed by atoms with E-state index in [-0.39, 0.29) is 18.6 Å². The van der Waals surface area contributed by atoms with Crippen LogP contribution in [0.2, 0.25) is 0 Å². The molecule has 2 aliphatic carbocycles. The van der Waals surface area contributed by atoms with Crippen molar-refractivity contribution in [3.63, 3.8) is 0 Å². The van der Waals surface area contributed by atoms with Crippen LogP contribution in [0.3, 0.4) is 0 Å². The summed E-state index contributed by atoms with van der Waals surface area (Å²) in [6.07, 6.45) is 6.72. The number of allylic oxidation sites excluding steroid dienone is 8. The standard InChI is InChI=1S/2C9H13.V/c2*1-6-5-7(2)9(4)8(6)3;/h2*6H,1-4H3;/q2*-1;+2. The fourth-order valence-corrected chi connectivity index (χ4v) is 2.32. The Morgan fingerprint density at radius 3 is 0.947 bits per heavy atom. The van der Waals surface area contributed by atoms with Gasteiger partial charge in [0.1, 0.15) is 0 Å². The summed E-state index contributed by atoms with van der Waals surface area (Å²) in [6.45, 7) is 17.3. The molecule has 2 rings (SSSR count). The van der Waals surface area contributed by atoms with Gasteiger partial charge in [-0.05, 0) is 0 Å². The minimum Gasteiger partial charge on any atom is -0.266 e. The van der Waals surface area contributed by atoms with Crippen LogP contribution >= 0.6 is 0 Å². The summed E-state index contributed by atoms with van der Waals surface area (Å²) in [4.78, 5) is 0. The summed E-state index contributed by atoms with van der Waals surface area (Å²) in [6, 6.07) is 0. The second-order valence-electron chi connectivity index (χ2n) is 5.60. The van der Waals surface area contributed by atoms with E-state index < -0.39 is 0 Å². The quantitative estimate of drug-likeness (QED) is 0.522. The average molecular weight is 293 g/mol. The molecule has 0 heterocycles. The maximum atomic E-state index is 3.36. The van der Waals surface area contributed by atoms with E-state index in [1.807, 2.05) is 0 Å². The zero-order chi connectivity index (χ0) is 14.0. The molecule has 0 aromatic carbocycles. The Bertz CT molecular complexity index is 414. The Morgan fingerprint density at radius 1 is 0.632 bits per heavy atom. The van der Waals surface area contributed by atoms with Crippen LogP contribution in [0, 0.1) is 24.0 Å². The van der Waals surface area contributed by atoms with Crippen LogP contribution in [0.1, 0.15) is 55.4 Å². The Morgan fingerprint density at radius 2 is 0.895 bits per heavy atom. The molecule has 0 aliphatic heterocycles. The molecule has 0 aromatic rings. The van der Waals surface area contributed by atoms with E-state index in [0.717, 1.165) is 0 Å². The van der Waals surface area contributed by atoms with Crippen molar-refractivity contribution < 1.29 is 18.6 Å². The minimum absolute atomic E-state index is 0. The molecule has 0 N–H and O–H groups in total. The first-order chi connectivity index (χ1) is 8.25. The number of hydrogen-bond acceptors (Lipinski definition) is 0. The smallest absolute Gasteiger partial charge is 0.266 e. The Balaban J connectivity index is 0.000000324. The fraction of sp³-hybridized carbons (Fsp3) is 0.556. The van der Waals surface area contributed by atoms with Crippen LogP contribution < -0.4 is 0 Å². The van der Waals surface area contributed by atoms with Gasteiger partial charge in [-0.1, -0.05) is 53.4 Å². The second-order valence-corrected chi connectivity index (χ2v) is 5.60. The third-order valence-electron chi connectivity index (χ3n) is 4.47. The summed E-state index contributed by atoms with van der Waals surface area (Å²) in [5.41, 5.74) is 8.49.